The molecule has 0 radical (unpaired) electrons. The average molecular weight is 646 g/mol. The van der Waals surface area contributed by atoms with Crippen molar-refractivity contribution in [1.82, 2.24) is 0 Å². The molecule has 1 amide bonds. The molecule has 0 aliphatic heterocycles. The van der Waals surface area contributed by atoms with Gasteiger partial charge >= 0.3 is 0 Å². The molecule has 0 aromatic heterocycles. The molecule has 34 heavy (non-hydrogen) atoms. The first-order valence-electron chi connectivity index (χ1n) is 9.55. The number of nitrogens with zero attached hydrogens (tertiary/aromatic N) is 1. The van der Waals surface area contributed by atoms with Gasteiger partial charge in [0.05, 0.1) is 32.3 Å². The highest BCUT2D eigenvalue weighted by Gasteiger charge is 2.19. The lowest BCUT2D eigenvalue weighted by molar-refractivity contribution is -0.112. The Morgan fingerprint density at radius 1 is 1.06 bits per heavy atom. The van der Waals surface area contributed by atoms with E-state index in [1.165, 1.54) is 13.2 Å². The van der Waals surface area contributed by atoms with Crippen LogP contribution >= 0.6 is 66.7 Å². The molecule has 0 aliphatic carbocycles. The highest BCUT2D eigenvalue weighted by Crippen LogP contribution is 2.44. The van der Waals surface area contributed by atoms with Crippen molar-refractivity contribution in [2.75, 3.05) is 12.4 Å². The van der Waals surface area contributed by atoms with Gasteiger partial charge in [-0.3, -0.25) is 4.79 Å². The second kappa shape index (κ2) is 12.0. The van der Waals surface area contributed by atoms with Crippen LogP contribution in [0.3, 0.4) is 0 Å². The molecule has 3 aromatic carbocycles. The van der Waals surface area contributed by atoms with E-state index >= 15 is 0 Å². The number of hydrogen-bond donors (Lipinski definition) is 1. The fourth-order valence-corrected chi connectivity index (χ4v) is 4.29. The van der Waals surface area contributed by atoms with Crippen LogP contribution in [0.2, 0.25) is 15.1 Å². The lowest BCUT2D eigenvalue weighted by Gasteiger charge is -2.16. The molecule has 0 fully saturated rings. The molecule has 0 spiro atoms. The average Bonchev–Trinajstić information content (AvgIpc) is 2.82. The minimum absolute atomic E-state index is 0.126. The van der Waals surface area contributed by atoms with E-state index in [1.807, 2.05) is 6.07 Å². The number of anilines is 1. The van der Waals surface area contributed by atoms with Gasteiger partial charge in [-0.25, -0.2) is 0 Å². The molecule has 0 aliphatic rings. The molecule has 3 aromatic rings. The summed E-state index contributed by atoms with van der Waals surface area (Å²) in [6, 6.07) is 15.5. The molecule has 0 saturated carbocycles. The van der Waals surface area contributed by atoms with Crippen LogP contribution in [0.15, 0.2) is 63.0 Å². The summed E-state index contributed by atoms with van der Waals surface area (Å²) >= 11 is 25.1. The number of para-hydroxylation sites is 1. The number of halogens is 5. The van der Waals surface area contributed by atoms with Crippen molar-refractivity contribution in [2.45, 2.75) is 6.61 Å². The summed E-state index contributed by atoms with van der Waals surface area (Å²) in [4.78, 5) is 12.7. The maximum atomic E-state index is 12.7. The third-order valence-corrected chi connectivity index (χ3v) is 7.74. The second-order valence-electron chi connectivity index (χ2n) is 6.77. The summed E-state index contributed by atoms with van der Waals surface area (Å²) in [5.41, 5.74) is 1.61. The monoisotopic (exact) mass is 642 g/mol. The standard InChI is InChI=1S/C24H15Br2Cl3N2O3/c1-33-20-10-14(9-15(11-30)24(32)31-19-5-3-2-4-17(19)28)21(25)22(26)23(20)34-12-13-6-7-16(27)18(29)8-13/h2-10H,12H2,1H3,(H,31,32)/b15-9-. The van der Waals surface area contributed by atoms with Gasteiger partial charge in [-0.2, -0.15) is 5.26 Å². The van der Waals surface area contributed by atoms with E-state index in [4.69, 9.17) is 44.3 Å². The van der Waals surface area contributed by atoms with E-state index in [-0.39, 0.29) is 12.2 Å². The number of carbonyl (C=O) groups excluding carboxylic acids is 1. The highest BCUT2D eigenvalue weighted by molar-refractivity contribution is 9.13. The largest absolute Gasteiger partial charge is 0.493 e. The van der Waals surface area contributed by atoms with Crippen molar-refractivity contribution >= 4 is 84.3 Å². The molecule has 0 bridgehead atoms. The second-order valence-corrected chi connectivity index (χ2v) is 9.57. The Bertz CT molecular complexity index is 1320. The van der Waals surface area contributed by atoms with Gasteiger partial charge in [0.25, 0.3) is 5.91 Å². The Kier molecular flexibility index (Phi) is 9.29. The molecule has 174 valence electrons. The molecule has 5 nitrogen and oxygen atoms in total. The maximum Gasteiger partial charge on any atom is 0.266 e. The number of hydrogen-bond acceptors (Lipinski definition) is 4. The topological polar surface area (TPSA) is 71.3 Å². The highest BCUT2D eigenvalue weighted by atomic mass is 79.9. The zero-order valence-electron chi connectivity index (χ0n) is 17.5. The molecule has 1 N–H and O–H groups in total. The van der Waals surface area contributed by atoms with Crippen LogP contribution in [0.4, 0.5) is 5.69 Å². The van der Waals surface area contributed by atoms with Crippen LogP contribution in [-0.2, 0) is 11.4 Å². The SMILES string of the molecule is COc1cc(/C=C(/C#N)C(=O)Nc2ccccc2Cl)c(Br)c(Br)c1OCc1ccc(Cl)c(Cl)c1. The van der Waals surface area contributed by atoms with E-state index < -0.39 is 5.91 Å². The molecule has 10 heteroatoms. The number of nitriles is 1. The van der Waals surface area contributed by atoms with Gasteiger partial charge in [-0.15, -0.1) is 0 Å². The van der Waals surface area contributed by atoms with Gasteiger partial charge in [-0.1, -0.05) is 53.0 Å². The van der Waals surface area contributed by atoms with Crippen LogP contribution in [0.25, 0.3) is 6.08 Å². The van der Waals surface area contributed by atoms with E-state index in [0.717, 1.165) is 5.56 Å². The van der Waals surface area contributed by atoms with Gasteiger partial charge < -0.3 is 14.8 Å². The Morgan fingerprint density at radius 2 is 1.79 bits per heavy atom. The van der Waals surface area contributed by atoms with Gasteiger partial charge in [-0.05, 0) is 79.4 Å². The number of rotatable bonds is 7. The normalized spacial score (nSPS) is 11.0. The smallest absolute Gasteiger partial charge is 0.266 e. The summed E-state index contributed by atoms with van der Waals surface area (Å²) < 4.78 is 12.6. The summed E-state index contributed by atoms with van der Waals surface area (Å²) in [7, 11) is 1.49. The van der Waals surface area contributed by atoms with Crippen LogP contribution < -0.4 is 14.8 Å². The molecule has 0 unspecified atom stereocenters. The number of amides is 1. The Hall–Kier alpha value is -2.21. The molecule has 0 atom stereocenters. The number of benzene rings is 3. The molecular formula is C24H15Br2Cl3N2O3. The summed E-state index contributed by atoms with van der Waals surface area (Å²) in [6.07, 6.45) is 1.44. The lowest BCUT2D eigenvalue weighted by Crippen LogP contribution is -2.13. The lowest BCUT2D eigenvalue weighted by atomic mass is 10.1. The molecule has 0 heterocycles. The molecule has 3 rings (SSSR count). The Labute approximate surface area is 228 Å². The first kappa shape index (κ1) is 26.4. The summed E-state index contributed by atoms with van der Waals surface area (Å²) in [5.74, 6) is 0.222. The zero-order valence-corrected chi connectivity index (χ0v) is 22.9. The molecule has 0 saturated heterocycles. The number of methoxy groups -OCH3 is 1. The van der Waals surface area contributed by atoms with Crippen LogP contribution in [-0.4, -0.2) is 13.0 Å². The van der Waals surface area contributed by atoms with Gasteiger partial charge in [0, 0.05) is 4.47 Å². The van der Waals surface area contributed by atoms with Crippen LogP contribution in [0.1, 0.15) is 11.1 Å². The van der Waals surface area contributed by atoms with Gasteiger partial charge in [0.1, 0.15) is 18.2 Å². The minimum Gasteiger partial charge on any atom is -0.493 e. The van der Waals surface area contributed by atoms with Crippen molar-refractivity contribution in [2.24, 2.45) is 0 Å². The van der Waals surface area contributed by atoms with E-state index in [0.29, 0.717) is 46.8 Å². The van der Waals surface area contributed by atoms with Crippen molar-refractivity contribution in [1.29, 1.82) is 5.26 Å². The summed E-state index contributed by atoms with van der Waals surface area (Å²) in [5, 5.41) is 13.5. The van der Waals surface area contributed by atoms with Gasteiger partial charge in [0.2, 0.25) is 0 Å². The fourth-order valence-electron chi connectivity index (χ4n) is 2.84. The first-order chi connectivity index (χ1) is 16.2. The van der Waals surface area contributed by atoms with Crippen molar-refractivity contribution < 1.29 is 14.3 Å². The minimum atomic E-state index is -0.600. The third kappa shape index (κ3) is 6.26. The van der Waals surface area contributed by atoms with Crippen LogP contribution in [0, 0.1) is 11.3 Å². The molecular weight excluding hydrogens is 630 g/mol. The van der Waals surface area contributed by atoms with Crippen molar-refractivity contribution in [3.05, 3.63) is 89.2 Å². The van der Waals surface area contributed by atoms with Crippen molar-refractivity contribution in [3.63, 3.8) is 0 Å². The van der Waals surface area contributed by atoms with E-state index in [9.17, 15) is 10.1 Å². The van der Waals surface area contributed by atoms with E-state index in [2.05, 4.69) is 37.2 Å². The Morgan fingerprint density at radius 3 is 2.44 bits per heavy atom. The summed E-state index contributed by atoms with van der Waals surface area (Å²) in [6.45, 7) is 0.206. The van der Waals surface area contributed by atoms with Crippen molar-refractivity contribution in [3.8, 4) is 17.6 Å². The predicted octanol–water partition coefficient (Wildman–Crippen LogP) is 8.31. The fraction of sp³-hybridized carbons (Fsp3) is 0.0833. The zero-order chi connectivity index (χ0) is 24.8. The third-order valence-electron chi connectivity index (χ3n) is 4.53. The van der Waals surface area contributed by atoms with Gasteiger partial charge in [0.15, 0.2) is 11.5 Å². The van der Waals surface area contributed by atoms with Crippen LogP contribution in [0.5, 0.6) is 11.5 Å². The first-order valence-corrected chi connectivity index (χ1v) is 12.3. The van der Waals surface area contributed by atoms with E-state index in [1.54, 1.807) is 48.5 Å². The maximum absolute atomic E-state index is 12.7. The number of carbonyl (C=O) groups is 1. The number of ether oxygens (including phenoxy) is 2. The predicted molar refractivity (Wildman–Crippen MR) is 143 cm³/mol. The quantitative estimate of drug-likeness (QED) is 0.207. The number of nitrogens with one attached hydrogen (secondary N) is 1. The Balaban J connectivity index is 1.89.